The summed E-state index contributed by atoms with van der Waals surface area (Å²) >= 11 is 12.1. The van der Waals surface area contributed by atoms with Crippen LogP contribution in [0.1, 0.15) is 11.1 Å². The van der Waals surface area contributed by atoms with Gasteiger partial charge < -0.3 is 4.90 Å². The van der Waals surface area contributed by atoms with Crippen molar-refractivity contribution in [1.29, 1.82) is 0 Å². The number of nitrogens with zero attached hydrogens (tertiary/aromatic N) is 1. The molecule has 1 aliphatic rings. The van der Waals surface area contributed by atoms with Gasteiger partial charge in [0.25, 0.3) is 0 Å². The molecule has 0 aromatic heterocycles. The molecule has 0 atom stereocenters. The first-order valence-corrected chi connectivity index (χ1v) is 6.49. The van der Waals surface area contributed by atoms with Crippen molar-refractivity contribution in [1.82, 2.24) is 4.90 Å². The molecular formula is C12H11NS3. The third kappa shape index (κ3) is 2.34. The van der Waals surface area contributed by atoms with Crippen molar-refractivity contribution in [2.45, 2.75) is 6.92 Å². The lowest BCUT2D eigenvalue weighted by atomic mass is 10.1. The average molecular weight is 265 g/mol. The summed E-state index contributed by atoms with van der Waals surface area (Å²) in [4.78, 5) is 3.75. The SMILES string of the molecule is Cc1ccc(C=C2SC(=S)N(C)C2=S)cc1. The van der Waals surface area contributed by atoms with Gasteiger partial charge >= 0.3 is 0 Å². The molecule has 82 valence electrons. The summed E-state index contributed by atoms with van der Waals surface area (Å²) in [5.41, 5.74) is 2.42. The van der Waals surface area contributed by atoms with E-state index in [1.165, 1.54) is 5.56 Å². The number of likely N-dealkylation sites (N-methyl/N-ethyl adjacent to an activating group) is 1. The van der Waals surface area contributed by atoms with Gasteiger partial charge in [-0.05, 0) is 18.6 Å². The third-order valence-corrected chi connectivity index (χ3v) is 4.49. The van der Waals surface area contributed by atoms with Gasteiger partial charge in [0.15, 0.2) is 0 Å². The molecule has 1 fully saturated rings. The van der Waals surface area contributed by atoms with Gasteiger partial charge in [0, 0.05) is 7.05 Å². The van der Waals surface area contributed by atoms with Crippen LogP contribution in [0.2, 0.25) is 0 Å². The number of rotatable bonds is 1. The Balaban J connectivity index is 2.29. The van der Waals surface area contributed by atoms with Crippen LogP contribution in [-0.4, -0.2) is 21.3 Å². The lowest BCUT2D eigenvalue weighted by Gasteiger charge is -2.06. The smallest absolute Gasteiger partial charge is 0.146 e. The number of hydrogen-bond acceptors (Lipinski definition) is 3. The van der Waals surface area contributed by atoms with E-state index in [2.05, 4.69) is 37.3 Å². The number of hydrogen-bond donors (Lipinski definition) is 0. The Morgan fingerprint density at radius 1 is 1.19 bits per heavy atom. The number of aryl methyl sites for hydroxylation is 1. The second-order valence-electron chi connectivity index (χ2n) is 3.65. The predicted molar refractivity (Wildman–Crippen MR) is 79.7 cm³/mol. The molecule has 0 spiro atoms. The molecule has 4 heteroatoms. The minimum Gasteiger partial charge on any atom is -0.320 e. The van der Waals surface area contributed by atoms with E-state index in [0.717, 1.165) is 19.8 Å². The molecule has 0 amide bonds. The Hall–Kier alpha value is -0.710. The Kier molecular flexibility index (Phi) is 3.42. The van der Waals surface area contributed by atoms with E-state index in [-0.39, 0.29) is 0 Å². The topological polar surface area (TPSA) is 3.24 Å². The van der Waals surface area contributed by atoms with Crippen LogP contribution in [0.3, 0.4) is 0 Å². The van der Waals surface area contributed by atoms with Gasteiger partial charge in [-0.1, -0.05) is 66.0 Å². The molecule has 0 bridgehead atoms. The highest BCUT2D eigenvalue weighted by Crippen LogP contribution is 2.32. The van der Waals surface area contributed by atoms with E-state index >= 15 is 0 Å². The number of thioether (sulfide) groups is 1. The van der Waals surface area contributed by atoms with Gasteiger partial charge in [-0.2, -0.15) is 0 Å². The fraction of sp³-hybridized carbons (Fsp3) is 0.167. The van der Waals surface area contributed by atoms with E-state index in [0.29, 0.717) is 0 Å². The Morgan fingerprint density at radius 2 is 1.81 bits per heavy atom. The van der Waals surface area contributed by atoms with Crippen molar-refractivity contribution >= 4 is 51.6 Å². The zero-order chi connectivity index (χ0) is 11.7. The molecule has 1 saturated heterocycles. The van der Waals surface area contributed by atoms with Crippen LogP contribution in [0.25, 0.3) is 6.08 Å². The quantitative estimate of drug-likeness (QED) is 0.563. The highest BCUT2D eigenvalue weighted by molar-refractivity contribution is 8.27. The van der Waals surface area contributed by atoms with E-state index < -0.39 is 0 Å². The first kappa shape index (κ1) is 11.8. The molecule has 16 heavy (non-hydrogen) atoms. The van der Waals surface area contributed by atoms with Crippen LogP contribution in [0.4, 0.5) is 0 Å². The largest absolute Gasteiger partial charge is 0.320 e. The molecule has 0 radical (unpaired) electrons. The lowest BCUT2D eigenvalue weighted by molar-refractivity contribution is 0.811. The summed E-state index contributed by atoms with van der Waals surface area (Å²) in [6.45, 7) is 2.08. The Morgan fingerprint density at radius 3 is 2.31 bits per heavy atom. The second-order valence-corrected chi connectivity index (χ2v) is 5.71. The summed E-state index contributed by atoms with van der Waals surface area (Å²) < 4.78 is 0.823. The van der Waals surface area contributed by atoms with Gasteiger partial charge in [-0.3, -0.25) is 0 Å². The van der Waals surface area contributed by atoms with Crippen LogP contribution < -0.4 is 0 Å². The third-order valence-electron chi connectivity index (χ3n) is 2.36. The predicted octanol–water partition coefficient (Wildman–Crippen LogP) is 3.63. The van der Waals surface area contributed by atoms with Crippen molar-refractivity contribution in [2.24, 2.45) is 0 Å². The van der Waals surface area contributed by atoms with Crippen LogP contribution in [0, 0.1) is 6.92 Å². The fourth-order valence-corrected chi connectivity index (χ4v) is 2.95. The van der Waals surface area contributed by atoms with E-state index in [4.69, 9.17) is 24.4 Å². The Bertz CT molecular complexity index is 474. The van der Waals surface area contributed by atoms with Crippen LogP contribution >= 0.6 is 36.2 Å². The number of thiocarbonyl (C=S) groups is 2. The maximum absolute atomic E-state index is 5.31. The molecule has 2 rings (SSSR count). The molecule has 0 saturated carbocycles. The Labute approximate surface area is 111 Å². The summed E-state index contributed by atoms with van der Waals surface area (Å²) in [7, 11) is 1.91. The maximum Gasteiger partial charge on any atom is 0.146 e. The highest BCUT2D eigenvalue weighted by Gasteiger charge is 2.24. The summed E-state index contributed by atoms with van der Waals surface area (Å²) in [6, 6.07) is 8.37. The van der Waals surface area contributed by atoms with Gasteiger partial charge in [0.2, 0.25) is 0 Å². The zero-order valence-corrected chi connectivity index (χ0v) is 11.5. The van der Waals surface area contributed by atoms with Gasteiger partial charge in [0.05, 0.1) is 4.91 Å². The first-order valence-electron chi connectivity index (χ1n) is 4.86. The average Bonchev–Trinajstić information content (AvgIpc) is 2.50. The van der Waals surface area contributed by atoms with E-state index in [9.17, 15) is 0 Å². The van der Waals surface area contributed by atoms with Crippen molar-refractivity contribution in [3.8, 4) is 0 Å². The molecule has 1 heterocycles. The van der Waals surface area contributed by atoms with Crippen LogP contribution in [0.15, 0.2) is 29.2 Å². The molecule has 0 unspecified atom stereocenters. The normalized spacial score (nSPS) is 18.6. The monoisotopic (exact) mass is 265 g/mol. The highest BCUT2D eigenvalue weighted by atomic mass is 32.2. The van der Waals surface area contributed by atoms with Crippen LogP contribution in [-0.2, 0) is 0 Å². The molecule has 0 N–H and O–H groups in total. The zero-order valence-electron chi connectivity index (χ0n) is 9.06. The van der Waals surface area contributed by atoms with Crippen LogP contribution in [0.5, 0.6) is 0 Å². The molecule has 1 aliphatic heterocycles. The molecular weight excluding hydrogens is 254 g/mol. The summed E-state index contributed by atoms with van der Waals surface area (Å²) in [5.74, 6) is 0. The molecule has 0 aliphatic carbocycles. The second kappa shape index (κ2) is 4.65. The van der Waals surface area contributed by atoms with Gasteiger partial charge in [0.1, 0.15) is 9.31 Å². The lowest BCUT2D eigenvalue weighted by Crippen LogP contribution is -2.20. The van der Waals surface area contributed by atoms with Gasteiger partial charge in [-0.15, -0.1) is 0 Å². The minimum absolute atomic E-state index is 0.815. The van der Waals surface area contributed by atoms with E-state index in [1.807, 2.05) is 11.9 Å². The maximum atomic E-state index is 5.31. The van der Waals surface area contributed by atoms with Crippen molar-refractivity contribution in [3.05, 3.63) is 40.3 Å². The fourth-order valence-electron chi connectivity index (χ4n) is 1.36. The van der Waals surface area contributed by atoms with Crippen molar-refractivity contribution in [2.75, 3.05) is 7.05 Å². The van der Waals surface area contributed by atoms with E-state index in [1.54, 1.807) is 11.8 Å². The standard InChI is InChI=1S/C12H11NS3/c1-8-3-5-9(6-4-8)7-10-11(14)13(2)12(15)16-10/h3-7H,1-2H3. The molecule has 1 aromatic rings. The molecule has 1 nitrogen and oxygen atoms in total. The van der Waals surface area contributed by atoms with Crippen molar-refractivity contribution in [3.63, 3.8) is 0 Å². The first-order chi connectivity index (χ1) is 7.58. The number of benzene rings is 1. The summed E-state index contributed by atoms with van der Waals surface area (Å²) in [5, 5.41) is 0. The van der Waals surface area contributed by atoms with Crippen molar-refractivity contribution < 1.29 is 0 Å². The summed E-state index contributed by atoms with van der Waals surface area (Å²) in [6.07, 6.45) is 2.09. The van der Waals surface area contributed by atoms with Gasteiger partial charge in [-0.25, -0.2) is 0 Å². The molecule has 1 aromatic carbocycles. The minimum atomic E-state index is 0.815.